The first kappa shape index (κ1) is 26.1. The van der Waals surface area contributed by atoms with Crippen LogP contribution in [0.3, 0.4) is 0 Å². The molecule has 2 aliphatic rings. The van der Waals surface area contributed by atoms with Gasteiger partial charge in [0.25, 0.3) is 0 Å². The fourth-order valence-electron chi connectivity index (χ4n) is 4.64. The Bertz CT molecular complexity index is 942. The van der Waals surface area contributed by atoms with E-state index < -0.39 is 18.1 Å². The van der Waals surface area contributed by atoms with E-state index in [0.29, 0.717) is 31.0 Å². The maximum Gasteiger partial charge on any atom is 0.317 e. The van der Waals surface area contributed by atoms with Crippen molar-refractivity contribution in [1.82, 2.24) is 20.5 Å². The third-order valence-electron chi connectivity index (χ3n) is 6.54. The van der Waals surface area contributed by atoms with Crippen LogP contribution in [0.25, 0.3) is 0 Å². The van der Waals surface area contributed by atoms with Crippen LogP contribution in [-0.2, 0) is 20.9 Å². The van der Waals surface area contributed by atoms with Gasteiger partial charge in [-0.25, -0.2) is 0 Å². The number of oxime groups is 1. The van der Waals surface area contributed by atoms with Gasteiger partial charge in [-0.15, -0.1) is 0 Å². The number of nitrogens with zero attached hydrogens (tertiary/aromatic N) is 3. The summed E-state index contributed by atoms with van der Waals surface area (Å²) in [5, 5.41) is 26.5. The largest absolute Gasteiger partial charge is 0.480 e. The lowest BCUT2D eigenvalue weighted by Crippen LogP contribution is -2.56. The van der Waals surface area contributed by atoms with Crippen LogP contribution in [0.1, 0.15) is 56.2 Å². The van der Waals surface area contributed by atoms with Crippen LogP contribution in [0.5, 0.6) is 0 Å². The van der Waals surface area contributed by atoms with Crippen molar-refractivity contribution in [3.63, 3.8) is 0 Å². The molecule has 3 rings (SSSR count). The average Bonchev–Trinajstić information content (AvgIpc) is 2.89. The summed E-state index contributed by atoms with van der Waals surface area (Å²) in [4.78, 5) is 43.4. The first-order valence-corrected chi connectivity index (χ1v) is 12.0. The van der Waals surface area contributed by atoms with Gasteiger partial charge in [-0.1, -0.05) is 55.5 Å². The van der Waals surface area contributed by atoms with Crippen molar-refractivity contribution in [3.8, 4) is 0 Å². The van der Waals surface area contributed by atoms with Crippen molar-refractivity contribution in [2.45, 2.75) is 63.6 Å². The van der Waals surface area contributed by atoms with Gasteiger partial charge in [0.05, 0.1) is 12.6 Å². The number of hydrogen-bond donors (Lipinski definition) is 5. The van der Waals surface area contributed by atoms with Crippen LogP contribution >= 0.6 is 0 Å². The van der Waals surface area contributed by atoms with Crippen LogP contribution in [0.15, 0.2) is 35.6 Å². The molecule has 0 spiro atoms. The van der Waals surface area contributed by atoms with Crippen LogP contribution < -0.4 is 16.4 Å². The molecule has 6 N–H and O–H groups in total. The first-order valence-electron chi connectivity index (χ1n) is 12.0. The molecule has 1 aromatic rings. The van der Waals surface area contributed by atoms with Crippen molar-refractivity contribution < 1.29 is 24.7 Å². The Morgan fingerprint density at radius 3 is 2.63 bits per heavy atom. The zero-order chi connectivity index (χ0) is 25.2. The van der Waals surface area contributed by atoms with E-state index in [2.05, 4.69) is 20.8 Å². The monoisotopic (exact) mass is 486 g/mol. The number of nitrogens with one attached hydrogen (secondary N) is 2. The van der Waals surface area contributed by atoms with Gasteiger partial charge in [-0.3, -0.25) is 24.7 Å². The van der Waals surface area contributed by atoms with Gasteiger partial charge < -0.3 is 26.3 Å². The van der Waals surface area contributed by atoms with Gasteiger partial charge in [0.1, 0.15) is 11.7 Å². The molecule has 2 heterocycles. The van der Waals surface area contributed by atoms with Crippen LogP contribution in [0, 0.1) is 5.92 Å². The molecule has 2 atom stereocenters. The number of aliphatic carboxylic acids is 1. The highest BCUT2D eigenvalue weighted by molar-refractivity contribution is 5.95. The van der Waals surface area contributed by atoms with Gasteiger partial charge in [0.15, 0.2) is 5.84 Å². The van der Waals surface area contributed by atoms with Crippen molar-refractivity contribution in [1.29, 1.82) is 0 Å². The van der Waals surface area contributed by atoms with Crippen LogP contribution in [0.4, 0.5) is 0 Å². The third-order valence-corrected chi connectivity index (χ3v) is 6.54. The zero-order valence-corrected chi connectivity index (χ0v) is 19.7. The molecule has 0 aromatic carbocycles. The minimum Gasteiger partial charge on any atom is -0.480 e. The van der Waals surface area contributed by atoms with Crippen molar-refractivity contribution in [2.75, 3.05) is 13.1 Å². The molecule has 11 nitrogen and oxygen atoms in total. The first-order chi connectivity index (χ1) is 16.9. The minimum absolute atomic E-state index is 0.108. The number of pyridine rings is 1. The molecule has 1 aliphatic heterocycles. The molecule has 11 heteroatoms. The highest BCUT2D eigenvalue weighted by Gasteiger charge is 2.35. The Kier molecular flexibility index (Phi) is 9.59. The summed E-state index contributed by atoms with van der Waals surface area (Å²) in [7, 11) is 0. The smallest absolute Gasteiger partial charge is 0.317 e. The fraction of sp³-hybridized carbons (Fsp3) is 0.542. The summed E-state index contributed by atoms with van der Waals surface area (Å²) >= 11 is 0. The normalized spacial score (nSPS) is 19.8. The minimum atomic E-state index is -1.02. The predicted molar refractivity (Wildman–Crippen MR) is 128 cm³/mol. The Labute approximate surface area is 204 Å². The van der Waals surface area contributed by atoms with E-state index in [4.69, 9.17) is 16.0 Å². The molecule has 0 saturated heterocycles. The van der Waals surface area contributed by atoms with Crippen LogP contribution in [0.2, 0.25) is 0 Å². The summed E-state index contributed by atoms with van der Waals surface area (Å²) in [6.07, 6.45) is 11.7. The number of carboxylic acids is 1. The highest BCUT2D eigenvalue weighted by atomic mass is 16.4. The number of rotatable bonds is 10. The zero-order valence-electron chi connectivity index (χ0n) is 19.7. The molecular formula is C24H34N6O5. The number of aromatic nitrogens is 1. The average molecular weight is 487 g/mol. The molecule has 0 bridgehead atoms. The predicted octanol–water partition coefficient (Wildman–Crippen LogP) is 0.963. The number of carbonyl (C=O) groups excluding carboxylic acids is 2. The third kappa shape index (κ3) is 7.51. The summed E-state index contributed by atoms with van der Waals surface area (Å²) in [5.41, 5.74) is 6.55. The van der Waals surface area contributed by atoms with Gasteiger partial charge in [-0.2, -0.15) is 0 Å². The Hall–Kier alpha value is -3.47. The standard InChI is InChI=1S/C24H34N6O5/c25-22(29-35)18-10-9-17(13-26-18)14-28-23(33)20-8-4-5-11-30(20)24(34)19(27-15-21(31)32)12-16-6-2-1-3-7-16/h4-5,9-10,13,16,19-20,27,35H,1-3,6-8,11-12,14-15H2,(H2,25,29)(H,28,33)(H,31,32). The number of amidine groups is 1. The molecule has 190 valence electrons. The molecule has 2 unspecified atom stereocenters. The maximum absolute atomic E-state index is 13.5. The van der Waals surface area contributed by atoms with Crippen LogP contribution in [-0.4, -0.2) is 69.0 Å². The maximum atomic E-state index is 13.5. The van der Waals surface area contributed by atoms with Crippen molar-refractivity contribution in [3.05, 3.63) is 41.7 Å². The Morgan fingerprint density at radius 2 is 1.97 bits per heavy atom. The second-order valence-electron chi connectivity index (χ2n) is 9.04. The van der Waals surface area contributed by atoms with E-state index in [9.17, 15) is 14.4 Å². The summed E-state index contributed by atoms with van der Waals surface area (Å²) in [6, 6.07) is 1.96. The lowest BCUT2D eigenvalue weighted by molar-refractivity contribution is -0.143. The second kappa shape index (κ2) is 12.8. The molecule has 1 aromatic heterocycles. The summed E-state index contributed by atoms with van der Waals surface area (Å²) < 4.78 is 0. The molecule has 1 saturated carbocycles. The summed E-state index contributed by atoms with van der Waals surface area (Å²) in [5.74, 6) is -1.30. The van der Waals surface area contributed by atoms with Gasteiger partial charge in [0, 0.05) is 19.3 Å². The molecule has 0 radical (unpaired) electrons. The Morgan fingerprint density at radius 1 is 1.20 bits per heavy atom. The van der Waals surface area contributed by atoms with E-state index >= 15 is 0 Å². The quantitative estimate of drug-likeness (QED) is 0.107. The van der Waals surface area contributed by atoms with Crippen molar-refractivity contribution in [2.24, 2.45) is 16.8 Å². The molecule has 35 heavy (non-hydrogen) atoms. The van der Waals surface area contributed by atoms with E-state index in [1.165, 1.54) is 17.5 Å². The number of amides is 2. The number of hydrogen-bond acceptors (Lipinski definition) is 7. The van der Waals surface area contributed by atoms with E-state index in [1.807, 2.05) is 12.2 Å². The van der Waals surface area contributed by atoms with Crippen molar-refractivity contribution >= 4 is 23.6 Å². The Balaban J connectivity index is 1.65. The number of nitrogens with two attached hydrogens (primary N) is 1. The van der Waals surface area contributed by atoms with Gasteiger partial charge >= 0.3 is 5.97 Å². The lowest BCUT2D eigenvalue weighted by Gasteiger charge is -2.36. The topological polar surface area (TPSA) is 170 Å². The number of carboxylic acid groups (broad SMARTS) is 1. The van der Waals surface area contributed by atoms with E-state index in [1.54, 1.807) is 12.1 Å². The molecular weight excluding hydrogens is 452 g/mol. The summed E-state index contributed by atoms with van der Waals surface area (Å²) in [6.45, 7) is 0.189. The van der Waals surface area contributed by atoms with Gasteiger partial charge in [-0.05, 0) is 30.4 Å². The van der Waals surface area contributed by atoms with E-state index in [-0.39, 0.29) is 30.7 Å². The van der Waals surface area contributed by atoms with Gasteiger partial charge in [0.2, 0.25) is 11.8 Å². The number of carbonyl (C=O) groups is 3. The fourth-order valence-corrected chi connectivity index (χ4v) is 4.64. The SMILES string of the molecule is N/C(=N/O)c1ccc(CNC(=O)C2CC=CCN2C(=O)C(CC2CCCCC2)NCC(=O)O)cn1. The highest BCUT2D eigenvalue weighted by Crippen LogP contribution is 2.28. The molecule has 1 fully saturated rings. The molecule has 2 amide bonds. The van der Waals surface area contributed by atoms with E-state index in [0.717, 1.165) is 31.2 Å². The lowest BCUT2D eigenvalue weighted by atomic mass is 9.84. The second-order valence-corrected chi connectivity index (χ2v) is 9.04. The molecule has 1 aliphatic carbocycles.